The first kappa shape index (κ1) is 13.3. The highest BCUT2D eigenvalue weighted by molar-refractivity contribution is 9.10. The Balaban J connectivity index is 2.40. The third kappa shape index (κ3) is 2.65. The number of carbonyl (C=O) groups excluding carboxylic acids is 1. The summed E-state index contributed by atoms with van der Waals surface area (Å²) in [6.45, 7) is 1.94. The van der Waals surface area contributed by atoms with Crippen LogP contribution in [-0.4, -0.2) is 15.7 Å². The Hall–Kier alpha value is -1.13. The molecular formula is C13H12BrClN2O. The summed E-state index contributed by atoms with van der Waals surface area (Å²) in [6.07, 6.45) is 2.41. The predicted molar refractivity (Wildman–Crippen MR) is 78.4 cm³/mol. The summed E-state index contributed by atoms with van der Waals surface area (Å²) in [5.41, 5.74) is 1.42. The van der Waals surface area contributed by atoms with Gasteiger partial charge >= 0.3 is 0 Å². The molecule has 2 aromatic rings. The Morgan fingerprint density at radius 2 is 2.28 bits per heavy atom. The van der Waals surface area contributed by atoms with Crippen LogP contribution in [0.15, 0.2) is 30.5 Å². The smallest absolute Gasteiger partial charge is 0.238 e. The average molecular weight is 328 g/mol. The van der Waals surface area contributed by atoms with Gasteiger partial charge in [0.15, 0.2) is 0 Å². The topological polar surface area (TPSA) is 42.0 Å². The molecule has 1 aromatic carbocycles. The highest BCUT2D eigenvalue weighted by atomic mass is 79.9. The van der Waals surface area contributed by atoms with E-state index in [4.69, 9.17) is 11.6 Å². The van der Waals surface area contributed by atoms with E-state index in [0.717, 1.165) is 17.5 Å². The van der Waals surface area contributed by atoms with Crippen molar-refractivity contribution in [2.75, 3.05) is 5.32 Å². The molecule has 1 N–H and O–H groups in total. The monoisotopic (exact) mass is 326 g/mol. The molecule has 0 aliphatic rings. The van der Waals surface area contributed by atoms with Gasteiger partial charge < -0.3 is 5.32 Å². The lowest BCUT2D eigenvalue weighted by atomic mass is 10.1. The minimum atomic E-state index is -0.195. The summed E-state index contributed by atoms with van der Waals surface area (Å²) < 4.78 is 0. The first-order chi connectivity index (χ1) is 8.63. The van der Waals surface area contributed by atoms with Crippen LogP contribution >= 0.6 is 27.5 Å². The van der Waals surface area contributed by atoms with Gasteiger partial charge in [0.25, 0.3) is 0 Å². The van der Waals surface area contributed by atoms with Crippen LogP contribution in [0.3, 0.4) is 0 Å². The van der Waals surface area contributed by atoms with Crippen LogP contribution in [0.4, 0.5) is 5.69 Å². The number of hydrogen-bond donors (Lipinski definition) is 1. The summed E-state index contributed by atoms with van der Waals surface area (Å²) in [7, 11) is 0. The molecule has 0 radical (unpaired) electrons. The largest absolute Gasteiger partial charge is 0.324 e. The van der Waals surface area contributed by atoms with Crippen molar-refractivity contribution in [3.8, 4) is 0 Å². The summed E-state index contributed by atoms with van der Waals surface area (Å²) in [5, 5.41) is 4.30. The molecule has 0 bridgehead atoms. The second kappa shape index (κ2) is 5.67. The Kier molecular flexibility index (Phi) is 4.19. The van der Waals surface area contributed by atoms with Crippen molar-refractivity contribution in [1.29, 1.82) is 0 Å². The highest BCUT2D eigenvalue weighted by Crippen LogP contribution is 2.28. The van der Waals surface area contributed by atoms with E-state index < -0.39 is 0 Å². The second-order valence-electron chi connectivity index (χ2n) is 3.86. The minimum absolute atomic E-state index is 0.0648. The molecule has 1 unspecified atom stereocenters. The number of nitrogens with zero attached hydrogens (tertiary/aromatic N) is 1. The fourth-order valence-corrected chi connectivity index (χ4v) is 1.97. The van der Waals surface area contributed by atoms with E-state index in [1.807, 2.05) is 19.1 Å². The molecule has 0 aliphatic heterocycles. The van der Waals surface area contributed by atoms with Gasteiger partial charge in [0, 0.05) is 11.6 Å². The summed E-state index contributed by atoms with van der Waals surface area (Å²) in [4.78, 5) is 15.9. The third-order valence-corrected chi connectivity index (χ3v) is 3.99. The number of rotatable bonds is 3. The molecule has 2 rings (SSSR count). The van der Waals surface area contributed by atoms with Crippen LogP contribution in [0.1, 0.15) is 13.3 Å². The van der Waals surface area contributed by atoms with Crippen molar-refractivity contribution in [1.82, 2.24) is 4.98 Å². The Morgan fingerprint density at radius 3 is 3.00 bits per heavy atom. The van der Waals surface area contributed by atoms with Gasteiger partial charge in [-0.2, -0.15) is 0 Å². The van der Waals surface area contributed by atoms with Crippen LogP contribution in [0, 0.1) is 0 Å². The molecule has 1 aromatic heterocycles. The van der Waals surface area contributed by atoms with Crippen LogP contribution in [0.2, 0.25) is 5.02 Å². The zero-order valence-electron chi connectivity index (χ0n) is 9.78. The molecule has 0 saturated carbocycles. The van der Waals surface area contributed by atoms with Gasteiger partial charge in [-0.05, 0) is 30.7 Å². The maximum Gasteiger partial charge on any atom is 0.238 e. The van der Waals surface area contributed by atoms with Crippen molar-refractivity contribution in [2.45, 2.75) is 18.2 Å². The number of aromatic nitrogens is 1. The van der Waals surface area contributed by atoms with E-state index >= 15 is 0 Å². The van der Waals surface area contributed by atoms with Crippen molar-refractivity contribution in [2.24, 2.45) is 0 Å². The van der Waals surface area contributed by atoms with E-state index in [1.54, 1.807) is 18.3 Å². The number of carbonyl (C=O) groups is 1. The van der Waals surface area contributed by atoms with Crippen LogP contribution in [0.25, 0.3) is 10.9 Å². The molecule has 18 heavy (non-hydrogen) atoms. The molecule has 1 heterocycles. The quantitative estimate of drug-likeness (QED) is 0.866. The summed E-state index contributed by atoms with van der Waals surface area (Å²) in [5.74, 6) is -0.0648. The van der Waals surface area contributed by atoms with Crippen LogP contribution in [-0.2, 0) is 4.79 Å². The number of nitrogens with one attached hydrogen (secondary N) is 1. The van der Waals surface area contributed by atoms with Gasteiger partial charge in [0.05, 0.1) is 21.1 Å². The first-order valence-electron chi connectivity index (χ1n) is 5.61. The molecule has 0 spiro atoms. The van der Waals surface area contributed by atoms with E-state index in [0.29, 0.717) is 10.5 Å². The van der Waals surface area contributed by atoms with Gasteiger partial charge in [-0.1, -0.05) is 34.5 Å². The lowest BCUT2D eigenvalue weighted by molar-refractivity contribution is -0.115. The van der Waals surface area contributed by atoms with E-state index in [1.165, 1.54) is 0 Å². The summed E-state index contributed by atoms with van der Waals surface area (Å²) >= 11 is 9.40. The zero-order valence-corrected chi connectivity index (χ0v) is 12.1. The molecule has 5 heteroatoms. The molecule has 1 atom stereocenters. The Labute approximate surface area is 119 Å². The van der Waals surface area contributed by atoms with E-state index in [9.17, 15) is 4.79 Å². The number of benzene rings is 1. The SMILES string of the molecule is CCC(Br)C(=O)Nc1ccc(Cl)c2ncccc12. The molecule has 0 fully saturated rings. The number of alkyl halides is 1. The number of amides is 1. The summed E-state index contributed by atoms with van der Waals surface area (Å²) in [6, 6.07) is 7.24. The number of pyridine rings is 1. The Bertz CT molecular complexity index is 588. The zero-order chi connectivity index (χ0) is 13.1. The van der Waals surface area contributed by atoms with Gasteiger partial charge in [-0.3, -0.25) is 9.78 Å². The molecule has 3 nitrogen and oxygen atoms in total. The van der Waals surface area contributed by atoms with E-state index in [-0.39, 0.29) is 10.7 Å². The fraction of sp³-hybridized carbons (Fsp3) is 0.231. The van der Waals surface area contributed by atoms with Crippen LogP contribution < -0.4 is 5.32 Å². The van der Waals surface area contributed by atoms with Gasteiger partial charge in [-0.15, -0.1) is 0 Å². The Morgan fingerprint density at radius 1 is 1.50 bits per heavy atom. The maximum atomic E-state index is 11.9. The van der Waals surface area contributed by atoms with Gasteiger partial charge in [-0.25, -0.2) is 0 Å². The third-order valence-electron chi connectivity index (χ3n) is 2.62. The molecule has 0 saturated heterocycles. The van der Waals surface area contributed by atoms with Crippen molar-refractivity contribution in [3.63, 3.8) is 0 Å². The normalized spacial score (nSPS) is 12.4. The number of fused-ring (bicyclic) bond motifs is 1. The predicted octanol–water partition coefficient (Wildman–Crippen LogP) is 4.00. The lowest BCUT2D eigenvalue weighted by Gasteiger charge is -2.11. The molecule has 1 amide bonds. The second-order valence-corrected chi connectivity index (χ2v) is 5.37. The van der Waals surface area contributed by atoms with Crippen molar-refractivity contribution in [3.05, 3.63) is 35.5 Å². The molecule has 94 valence electrons. The van der Waals surface area contributed by atoms with Crippen molar-refractivity contribution >= 4 is 50.0 Å². The number of halogens is 2. The molecule has 0 aliphatic carbocycles. The van der Waals surface area contributed by atoms with Gasteiger partial charge in [0.1, 0.15) is 0 Å². The first-order valence-corrected chi connectivity index (χ1v) is 6.91. The fourth-order valence-electron chi connectivity index (χ4n) is 1.64. The van der Waals surface area contributed by atoms with Gasteiger partial charge in [0.2, 0.25) is 5.91 Å². The molecular weight excluding hydrogens is 316 g/mol. The average Bonchev–Trinajstić information content (AvgIpc) is 2.41. The van der Waals surface area contributed by atoms with E-state index in [2.05, 4.69) is 26.2 Å². The maximum absolute atomic E-state index is 11.9. The van der Waals surface area contributed by atoms with Crippen molar-refractivity contribution < 1.29 is 4.79 Å². The van der Waals surface area contributed by atoms with Crippen LogP contribution in [0.5, 0.6) is 0 Å². The standard InChI is InChI=1S/C13H12BrClN2O/c1-2-9(14)13(18)17-11-6-5-10(15)12-8(11)4-3-7-16-12/h3-7,9H,2H2,1H3,(H,17,18). The number of anilines is 1. The lowest BCUT2D eigenvalue weighted by Crippen LogP contribution is -2.22. The minimum Gasteiger partial charge on any atom is -0.324 e. The highest BCUT2D eigenvalue weighted by Gasteiger charge is 2.14. The number of hydrogen-bond acceptors (Lipinski definition) is 2.